The summed E-state index contributed by atoms with van der Waals surface area (Å²) < 4.78 is 0. The average Bonchev–Trinajstić information content (AvgIpc) is 2.70. The first-order valence-electron chi connectivity index (χ1n) is 6.46. The van der Waals surface area contributed by atoms with Crippen molar-refractivity contribution >= 4 is 0 Å². The van der Waals surface area contributed by atoms with Gasteiger partial charge in [0.25, 0.3) is 0 Å². The molecule has 1 rings (SSSR count). The Morgan fingerprint density at radius 1 is 1.27 bits per heavy atom. The molecule has 1 aliphatic rings. The third kappa shape index (κ3) is 5.53. The predicted molar refractivity (Wildman–Crippen MR) is 64.9 cm³/mol. The summed E-state index contributed by atoms with van der Waals surface area (Å²) in [5, 5.41) is 12.5. The van der Waals surface area contributed by atoms with Crippen LogP contribution >= 0.6 is 0 Å². The van der Waals surface area contributed by atoms with Crippen LogP contribution in [0.2, 0.25) is 0 Å². The van der Waals surface area contributed by atoms with Gasteiger partial charge in [0.2, 0.25) is 0 Å². The molecule has 0 saturated heterocycles. The molecule has 15 heavy (non-hydrogen) atoms. The molecule has 0 aliphatic heterocycles. The summed E-state index contributed by atoms with van der Waals surface area (Å²) in [6.07, 6.45) is 8.52. The van der Waals surface area contributed by atoms with Gasteiger partial charge in [0.05, 0.1) is 0 Å². The lowest BCUT2D eigenvalue weighted by Gasteiger charge is -2.22. The van der Waals surface area contributed by atoms with Crippen LogP contribution in [0, 0.1) is 11.3 Å². The number of rotatable bonds is 7. The second-order valence-corrected chi connectivity index (χ2v) is 5.79. The number of aliphatic hydroxyl groups is 1. The third-order valence-electron chi connectivity index (χ3n) is 3.47. The molecule has 2 N–H and O–H groups in total. The molecule has 0 aromatic carbocycles. The van der Waals surface area contributed by atoms with Crippen molar-refractivity contribution < 1.29 is 5.11 Å². The molecule has 1 saturated carbocycles. The third-order valence-corrected chi connectivity index (χ3v) is 3.47. The minimum Gasteiger partial charge on any atom is -0.396 e. The van der Waals surface area contributed by atoms with Crippen LogP contribution in [0.1, 0.15) is 52.4 Å². The summed E-state index contributed by atoms with van der Waals surface area (Å²) in [4.78, 5) is 0. The second-order valence-electron chi connectivity index (χ2n) is 5.79. The van der Waals surface area contributed by atoms with E-state index in [-0.39, 0.29) is 12.0 Å². The molecule has 0 aromatic rings. The molecule has 0 spiro atoms. The van der Waals surface area contributed by atoms with Crippen LogP contribution in [-0.2, 0) is 0 Å². The van der Waals surface area contributed by atoms with Crippen LogP contribution in [0.4, 0.5) is 0 Å². The summed E-state index contributed by atoms with van der Waals surface area (Å²) in [6.45, 7) is 6.49. The Morgan fingerprint density at radius 2 is 1.93 bits per heavy atom. The maximum Gasteiger partial charge on any atom is 0.0494 e. The van der Waals surface area contributed by atoms with Crippen molar-refractivity contribution in [1.29, 1.82) is 0 Å². The Hall–Kier alpha value is -0.0800. The summed E-state index contributed by atoms with van der Waals surface area (Å²) in [5.74, 6) is 1.01. The van der Waals surface area contributed by atoms with Gasteiger partial charge in [-0.25, -0.2) is 0 Å². The maximum atomic E-state index is 9.08. The molecular formula is C13H27NO. The molecule has 0 bridgehead atoms. The van der Waals surface area contributed by atoms with Crippen molar-refractivity contribution in [1.82, 2.24) is 5.32 Å². The van der Waals surface area contributed by atoms with Crippen molar-refractivity contribution in [3.63, 3.8) is 0 Å². The zero-order valence-corrected chi connectivity index (χ0v) is 10.4. The van der Waals surface area contributed by atoms with E-state index in [2.05, 4.69) is 19.2 Å². The molecule has 0 heterocycles. The Morgan fingerprint density at radius 3 is 2.53 bits per heavy atom. The molecule has 0 radical (unpaired) electrons. The summed E-state index contributed by atoms with van der Waals surface area (Å²) >= 11 is 0. The van der Waals surface area contributed by atoms with E-state index in [0.29, 0.717) is 0 Å². The van der Waals surface area contributed by atoms with Gasteiger partial charge < -0.3 is 10.4 Å². The van der Waals surface area contributed by atoms with Gasteiger partial charge in [-0.2, -0.15) is 0 Å². The molecule has 0 amide bonds. The molecule has 0 unspecified atom stereocenters. The summed E-state index contributed by atoms with van der Waals surface area (Å²) in [5.41, 5.74) is 0.0351. The molecule has 2 heteroatoms. The van der Waals surface area contributed by atoms with Gasteiger partial charge in [0.1, 0.15) is 0 Å². The Kier molecular flexibility index (Phi) is 5.62. The maximum absolute atomic E-state index is 9.08. The molecule has 1 fully saturated rings. The van der Waals surface area contributed by atoms with Gasteiger partial charge in [0.15, 0.2) is 0 Å². The highest BCUT2D eigenvalue weighted by Crippen LogP contribution is 2.28. The Balaban J connectivity index is 1.92. The van der Waals surface area contributed by atoms with Gasteiger partial charge in [-0.05, 0) is 25.3 Å². The van der Waals surface area contributed by atoms with Crippen LogP contribution in [-0.4, -0.2) is 24.8 Å². The van der Waals surface area contributed by atoms with Crippen molar-refractivity contribution in [3.05, 3.63) is 0 Å². The quantitative estimate of drug-likeness (QED) is 0.637. The fourth-order valence-electron chi connectivity index (χ4n) is 2.30. The van der Waals surface area contributed by atoms with Crippen molar-refractivity contribution in [2.24, 2.45) is 11.3 Å². The Labute approximate surface area is 94.5 Å². The van der Waals surface area contributed by atoms with Crippen LogP contribution < -0.4 is 5.32 Å². The predicted octanol–water partition coefficient (Wildman–Crippen LogP) is 2.56. The van der Waals surface area contributed by atoms with E-state index in [0.717, 1.165) is 19.0 Å². The zero-order chi connectivity index (χ0) is 11.1. The highest BCUT2D eigenvalue weighted by molar-refractivity contribution is 4.71. The van der Waals surface area contributed by atoms with Crippen LogP contribution in [0.25, 0.3) is 0 Å². The van der Waals surface area contributed by atoms with E-state index in [4.69, 9.17) is 5.11 Å². The van der Waals surface area contributed by atoms with E-state index in [1.807, 2.05) is 0 Å². The van der Waals surface area contributed by atoms with Crippen LogP contribution in [0.15, 0.2) is 0 Å². The van der Waals surface area contributed by atoms with Gasteiger partial charge in [-0.1, -0.05) is 39.5 Å². The molecule has 1 aliphatic carbocycles. The van der Waals surface area contributed by atoms with Gasteiger partial charge >= 0.3 is 0 Å². The number of hydrogen-bond acceptors (Lipinski definition) is 2. The topological polar surface area (TPSA) is 32.3 Å². The van der Waals surface area contributed by atoms with E-state index in [1.165, 1.54) is 38.5 Å². The van der Waals surface area contributed by atoms with Crippen molar-refractivity contribution in [2.45, 2.75) is 52.4 Å². The second kappa shape index (κ2) is 6.49. The standard InChI is InChI=1S/C13H27NO/c1-13(2,11-15)10-14-9-5-8-12-6-3-4-7-12/h12,14-15H,3-11H2,1-2H3. The monoisotopic (exact) mass is 213 g/mol. The molecular weight excluding hydrogens is 186 g/mol. The SMILES string of the molecule is CC(C)(CO)CNCCCC1CCCC1. The minimum atomic E-state index is 0.0351. The van der Waals surface area contributed by atoms with Crippen LogP contribution in [0.5, 0.6) is 0 Å². The fraction of sp³-hybridized carbons (Fsp3) is 1.00. The highest BCUT2D eigenvalue weighted by Gasteiger charge is 2.16. The van der Waals surface area contributed by atoms with Gasteiger partial charge in [-0.15, -0.1) is 0 Å². The van der Waals surface area contributed by atoms with E-state index >= 15 is 0 Å². The summed E-state index contributed by atoms with van der Waals surface area (Å²) in [6, 6.07) is 0. The Bertz CT molecular complexity index is 162. The first-order valence-corrected chi connectivity index (χ1v) is 6.46. The lowest BCUT2D eigenvalue weighted by Crippen LogP contribution is -2.32. The average molecular weight is 213 g/mol. The van der Waals surface area contributed by atoms with Crippen molar-refractivity contribution in [3.8, 4) is 0 Å². The normalized spacial score (nSPS) is 18.6. The lowest BCUT2D eigenvalue weighted by atomic mass is 9.95. The van der Waals surface area contributed by atoms with Crippen LogP contribution in [0.3, 0.4) is 0 Å². The first kappa shape index (κ1) is 13.0. The molecule has 0 aromatic heterocycles. The minimum absolute atomic E-state index is 0.0351. The van der Waals surface area contributed by atoms with E-state index in [1.54, 1.807) is 0 Å². The number of hydrogen-bond donors (Lipinski definition) is 2. The number of nitrogens with one attached hydrogen (secondary N) is 1. The largest absolute Gasteiger partial charge is 0.396 e. The van der Waals surface area contributed by atoms with E-state index in [9.17, 15) is 0 Å². The van der Waals surface area contributed by atoms with Gasteiger partial charge in [-0.3, -0.25) is 0 Å². The molecule has 0 atom stereocenters. The summed E-state index contributed by atoms with van der Waals surface area (Å²) in [7, 11) is 0. The fourth-order valence-corrected chi connectivity index (χ4v) is 2.30. The first-order chi connectivity index (χ1) is 7.14. The van der Waals surface area contributed by atoms with Gasteiger partial charge in [0, 0.05) is 18.6 Å². The smallest absolute Gasteiger partial charge is 0.0494 e. The lowest BCUT2D eigenvalue weighted by molar-refractivity contribution is 0.157. The van der Waals surface area contributed by atoms with Crippen molar-refractivity contribution in [2.75, 3.05) is 19.7 Å². The molecule has 90 valence electrons. The number of aliphatic hydroxyl groups excluding tert-OH is 1. The zero-order valence-electron chi connectivity index (χ0n) is 10.4. The molecule has 2 nitrogen and oxygen atoms in total. The van der Waals surface area contributed by atoms with E-state index < -0.39 is 0 Å². The highest BCUT2D eigenvalue weighted by atomic mass is 16.3.